The summed E-state index contributed by atoms with van der Waals surface area (Å²) in [5.41, 5.74) is 1.01. The summed E-state index contributed by atoms with van der Waals surface area (Å²) in [6.45, 7) is 3.78. The van der Waals surface area contributed by atoms with E-state index in [4.69, 9.17) is 4.74 Å². The van der Waals surface area contributed by atoms with E-state index >= 15 is 0 Å². The fraction of sp³-hybridized carbons (Fsp3) is 0.704. The van der Waals surface area contributed by atoms with Gasteiger partial charge in [0.1, 0.15) is 5.75 Å². The number of unbranched alkanes of at least 4 members (excludes halogenated alkanes) is 14. The first-order valence-electron chi connectivity index (χ1n) is 12.3. The van der Waals surface area contributed by atoms with Gasteiger partial charge < -0.3 is 4.74 Å². The van der Waals surface area contributed by atoms with Gasteiger partial charge in [0.25, 0.3) is 0 Å². The third kappa shape index (κ3) is 11.5. The molecule has 0 fully saturated rings. The first-order chi connectivity index (χ1) is 14.6. The van der Waals surface area contributed by atoms with Gasteiger partial charge in [0.15, 0.2) is 11.6 Å². The number of carbonyl (C=O) groups is 2. The monoisotopic (exact) mass is 416 g/mol. The second-order valence-electron chi connectivity index (χ2n) is 8.59. The van der Waals surface area contributed by atoms with Gasteiger partial charge in [-0.15, -0.1) is 0 Å². The van der Waals surface area contributed by atoms with Crippen molar-refractivity contribution in [3.8, 4) is 5.75 Å². The van der Waals surface area contributed by atoms with E-state index in [9.17, 15) is 9.59 Å². The molecule has 0 aliphatic rings. The highest BCUT2D eigenvalue weighted by Gasteiger charge is 2.15. The summed E-state index contributed by atoms with van der Waals surface area (Å²) >= 11 is 0. The molecular formula is C27H44O3. The van der Waals surface area contributed by atoms with Crippen LogP contribution in [-0.2, 0) is 0 Å². The van der Waals surface area contributed by atoms with Gasteiger partial charge in [-0.2, -0.15) is 0 Å². The molecule has 0 aromatic heterocycles. The lowest BCUT2D eigenvalue weighted by atomic mass is 9.96. The van der Waals surface area contributed by atoms with Crippen molar-refractivity contribution in [1.82, 2.24) is 0 Å². The third-order valence-corrected chi connectivity index (χ3v) is 5.91. The quantitative estimate of drug-likeness (QED) is 0.168. The van der Waals surface area contributed by atoms with E-state index in [1.807, 2.05) is 0 Å². The van der Waals surface area contributed by atoms with Gasteiger partial charge >= 0.3 is 0 Å². The Bertz CT molecular complexity index is 606. The van der Waals surface area contributed by atoms with Crippen molar-refractivity contribution in [1.29, 1.82) is 0 Å². The van der Waals surface area contributed by atoms with Crippen LogP contribution in [0.2, 0.25) is 0 Å². The molecule has 0 aliphatic heterocycles. The highest BCUT2D eigenvalue weighted by Crippen LogP contribution is 2.21. The minimum Gasteiger partial charge on any atom is -0.497 e. The van der Waals surface area contributed by atoms with Crippen molar-refractivity contribution in [2.45, 2.75) is 117 Å². The first-order valence-corrected chi connectivity index (χ1v) is 12.3. The number of carbonyl (C=O) groups excluding carboxylic acids is 2. The van der Waals surface area contributed by atoms with Crippen LogP contribution < -0.4 is 4.74 Å². The van der Waals surface area contributed by atoms with E-state index in [0.717, 1.165) is 12.8 Å². The Balaban J connectivity index is 2.06. The summed E-state index contributed by atoms with van der Waals surface area (Å²) in [6.07, 6.45) is 20.2. The average molecular weight is 417 g/mol. The van der Waals surface area contributed by atoms with Gasteiger partial charge in [0, 0.05) is 17.5 Å². The summed E-state index contributed by atoms with van der Waals surface area (Å²) < 4.78 is 5.21. The summed E-state index contributed by atoms with van der Waals surface area (Å²) in [4.78, 5) is 24.4. The third-order valence-electron chi connectivity index (χ3n) is 5.91. The maximum Gasteiger partial charge on any atom is 0.163 e. The molecule has 0 unspecified atom stereocenters. The van der Waals surface area contributed by atoms with Crippen LogP contribution in [-0.4, -0.2) is 18.7 Å². The van der Waals surface area contributed by atoms with E-state index in [0.29, 0.717) is 23.3 Å². The fourth-order valence-electron chi connectivity index (χ4n) is 3.98. The maximum atomic E-state index is 12.6. The Morgan fingerprint density at radius 1 is 0.700 bits per heavy atom. The molecule has 1 aromatic rings. The van der Waals surface area contributed by atoms with Gasteiger partial charge in [-0.05, 0) is 31.5 Å². The number of hydrogen-bond donors (Lipinski definition) is 0. The average Bonchev–Trinajstić information content (AvgIpc) is 2.75. The fourth-order valence-corrected chi connectivity index (χ4v) is 3.98. The molecule has 0 radical (unpaired) electrons. The smallest absolute Gasteiger partial charge is 0.163 e. The Morgan fingerprint density at radius 2 is 1.17 bits per heavy atom. The molecule has 3 nitrogen and oxygen atoms in total. The molecule has 30 heavy (non-hydrogen) atoms. The Morgan fingerprint density at radius 3 is 1.60 bits per heavy atom. The minimum atomic E-state index is -0.0718. The van der Waals surface area contributed by atoms with Crippen LogP contribution in [0, 0.1) is 0 Å². The normalized spacial score (nSPS) is 10.9. The SMILES string of the molecule is CCCCCCCCCCCCCCCCCC(=O)c1cc(OC)ccc1C(C)=O. The zero-order valence-corrected chi connectivity index (χ0v) is 19.8. The number of Topliss-reactive ketones (excluding diaryl/α,β-unsaturated/α-hetero) is 2. The van der Waals surface area contributed by atoms with Gasteiger partial charge in [-0.1, -0.05) is 96.8 Å². The number of hydrogen-bond acceptors (Lipinski definition) is 3. The molecule has 170 valence electrons. The molecule has 0 amide bonds. The van der Waals surface area contributed by atoms with Crippen LogP contribution in [0.5, 0.6) is 5.75 Å². The molecule has 1 rings (SSSR count). The van der Waals surface area contributed by atoms with E-state index in [1.54, 1.807) is 25.3 Å². The number of ether oxygens (including phenoxy) is 1. The Kier molecular flexibility index (Phi) is 15.0. The van der Waals surface area contributed by atoms with Crippen molar-refractivity contribution in [3.63, 3.8) is 0 Å². The van der Waals surface area contributed by atoms with E-state index < -0.39 is 0 Å². The van der Waals surface area contributed by atoms with Gasteiger partial charge in [-0.3, -0.25) is 9.59 Å². The Labute approximate surface area is 185 Å². The van der Waals surface area contributed by atoms with E-state index in [1.165, 1.54) is 90.4 Å². The van der Waals surface area contributed by atoms with Gasteiger partial charge in [0.2, 0.25) is 0 Å². The van der Waals surface area contributed by atoms with Crippen LogP contribution in [0.3, 0.4) is 0 Å². The number of rotatable bonds is 19. The van der Waals surface area contributed by atoms with Gasteiger partial charge in [-0.25, -0.2) is 0 Å². The molecule has 0 saturated carbocycles. The van der Waals surface area contributed by atoms with Crippen molar-refractivity contribution in [2.24, 2.45) is 0 Å². The topological polar surface area (TPSA) is 43.4 Å². The van der Waals surface area contributed by atoms with Crippen molar-refractivity contribution < 1.29 is 14.3 Å². The van der Waals surface area contributed by atoms with E-state index in [2.05, 4.69) is 6.92 Å². The van der Waals surface area contributed by atoms with Crippen molar-refractivity contribution in [2.75, 3.05) is 7.11 Å². The first kappa shape index (κ1) is 26.4. The Hall–Kier alpha value is -1.64. The second-order valence-corrected chi connectivity index (χ2v) is 8.59. The summed E-state index contributed by atoms with van der Waals surface area (Å²) in [7, 11) is 1.58. The molecule has 0 aliphatic carbocycles. The largest absolute Gasteiger partial charge is 0.497 e. The molecule has 0 atom stereocenters. The lowest BCUT2D eigenvalue weighted by Crippen LogP contribution is -2.07. The number of ketones is 2. The van der Waals surface area contributed by atoms with Crippen LogP contribution in [0.15, 0.2) is 18.2 Å². The lowest BCUT2D eigenvalue weighted by molar-refractivity contribution is 0.0959. The second kappa shape index (κ2) is 17.1. The molecule has 0 bridgehead atoms. The van der Waals surface area contributed by atoms with Gasteiger partial charge in [0.05, 0.1) is 7.11 Å². The number of benzene rings is 1. The van der Waals surface area contributed by atoms with Crippen molar-refractivity contribution >= 4 is 11.6 Å². The summed E-state index contributed by atoms with van der Waals surface area (Å²) in [5, 5.41) is 0. The zero-order chi connectivity index (χ0) is 22.0. The van der Waals surface area contributed by atoms with Crippen LogP contribution in [0.1, 0.15) is 137 Å². The van der Waals surface area contributed by atoms with Crippen LogP contribution in [0.25, 0.3) is 0 Å². The molecule has 0 N–H and O–H groups in total. The summed E-state index contributed by atoms with van der Waals surface area (Å²) in [6, 6.07) is 5.13. The van der Waals surface area contributed by atoms with Crippen LogP contribution in [0.4, 0.5) is 0 Å². The molecule has 1 aromatic carbocycles. The standard InChI is InChI=1S/C27H44O3/c1-4-5-6-7-8-9-10-11-12-13-14-15-16-17-18-19-27(29)26-22-24(30-3)20-21-25(26)23(2)28/h20-22H,4-19H2,1-3H3. The highest BCUT2D eigenvalue weighted by atomic mass is 16.5. The van der Waals surface area contributed by atoms with E-state index in [-0.39, 0.29) is 11.6 Å². The minimum absolute atomic E-state index is 0.0498. The predicted octanol–water partition coefficient (Wildman–Crippen LogP) is 8.34. The van der Waals surface area contributed by atoms with Crippen molar-refractivity contribution in [3.05, 3.63) is 29.3 Å². The summed E-state index contributed by atoms with van der Waals surface area (Å²) in [5.74, 6) is 0.603. The maximum absolute atomic E-state index is 12.6. The molecule has 0 spiro atoms. The predicted molar refractivity (Wildman–Crippen MR) is 127 cm³/mol. The lowest BCUT2D eigenvalue weighted by Gasteiger charge is -2.09. The zero-order valence-electron chi connectivity index (χ0n) is 19.8. The highest BCUT2D eigenvalue weighted by molar-refractivity contribution is 6.08. The molecule has 0 heterocycles. The molecule has 3 heteroatoms. The van der Waals surface area contributed by atoms with Crippen LogP contribution >= 0.6 is 0 Å². The number of methoxy groups -OCH3 is 1. The molecular weight excluding hydrogens is 372 g/mol. The molecule has 0 saturated heterocycles.